The van der Waals surface area contributed by atoms with Gasteiger partial charge in [0.1, 0.15) is 0 Å². The largest absolute Gasteiger partial charge is 0.149 e. The average Bonchev–Trinajstić information content (AvgIpc) is 2.50. The average molecular weight is 206 g/mol. The molecular formula is C13H18S. The summed E-state index contributed by atoms with van der Waals surface area (Å²) in [6.07, 6.45) is 6.24. The van der Waals surface area contributed by atoms with Crippen LogP contribution in [0.1, 0.15) is 43.6 Å². The van der Waals surface area contributed by atoms with E-state index in [4.69, 9.17) is 0 Å². The van der Waals surface area contributed by atoms with Crippen molar-refractivity contribution >= 4 is 16.9 Å². The highest BCUT2D eigenvalue weighted by Crippen LogP contribution is 2.40. The van der Waals surface area contributed by atoms with Gasteiger partial charge in [0.2, 0.25) is 0 Å². The molecule has 1 aromatic heterocycles. The highest BCUT2D eigenvalue weighted by Gasteiger charge is 2.23. The Morgan fingerprint density at radius 2 is 2.14 bits per heavy atom. The van der Waals surface area contributed by atoms with E-state index in [0.717, 1.165) is 0 Å². The van der Waals surface area contributed by atoms with Gasteiger partial charge in [0.15, 0.2) is 0 Å². The molecule has 0 unspecified atom stereocenters. The first-order valence-electron chi connectivity index (χ1n) is 5.31. The van der Waals surface area contributed by atoms with Crippen LogP contribution in [-0.4, -0.2) is 0 Å². The number of rotatable bonds is 1. The van der Waals surface area contributed by atoms with E-state index in [2.05, 4.69) is 38.3 Å². The molecule has 0 bridgehead atoms. The lowest BCUT2D eigenvalue weighted by molar-refractivity contribution is 0.338. The van der Waals surface area contributed by atoms with Crippen molar-refractivity contribution in [2.75, 3.05) is 0 Å². The van der Waals surface area contributed by atoms with Gasteiger partial charge < -0.3 is 0 Å². The maximum atomic E-state index is 2.42. The van der Waals surface area contributed by atoms with Crippen LogP contribution in [0.2, 0.25) is 0 Å². The third-order valence-corrected chi connectivity index (χ3v) is 3.84. The lowest BCUT2D eigenvalue weighted by Gasteiger charge is -2.29. The molecule has 1 aromatic rings. The molecular weight excluding hydrogens is 188 g/mol. The lowest BCUT2D eigenvalue weighted by atomic mass is 9.76. The second-order valence-electron chi connectivity index (χ2n) is 5.06. The molecule has 1 aliphatic rings. The Morgan fingerprint density at radius 1 is 1.36 bits per heavy atom. The quantitative estimate of drug-likeness (QED) is 0.627. The maximum absolute atomic E-state index is 2.42. The lowest BCUT2D eigenvalue weighted by Crippen LogP contribution is -2.14. The molecule has 0 saturated heterocycles. The monoisotopic (exact) mass is 206 g/mol. The highest BCUT2D eigenvalue weighted by atomic mass is 32.1. The van der Waals surface area contributed by atoms with Crippen LogP contribution in [-0.2, 0) is 0 Å². The van der Waals surface area contributed by atoms with Gasteiger partial charge in [-0.3, -0.25) is 0 Å². The van der Waals surface area contributed by atoms with E-state index in [9.17, 15) is 0 Å². The fraction of sp³-hybridized carbons (Fsp3) is 0.538. The molecule has 0 spiro atoms. The third-order valence-electron chi connectivity index (χ3n) is 2.98. The first-order valence-corrected chi connectivity index (χ1v) is 6.19. The van der Waals surface area contributed by atoms with E-state index < -0.39 is 0 Å². The SMILES string of the molecule is Cc1cc(C2=CCCC(C)(C)C2)cs1. The van der Waals surface area contributed by atoms with Crippen LogP contribution in [0.3, 0.4) is 0 Å². The summed E-state index contributed by atoms with van der Waals surface area (Å²) in [5, 5.41) is 2.29. The van der Waals surface area contributed by atoms with Gasteiger partial charge in [-0.2, -0.15) is 0 Å². The van der Waals surface area contributed by atoms with Crippen LogP contribution in [0.15, 0.2) is 17.5 Å². The van der Waals surface area contributed by atoms with Gasteiger partial charge in [0.25, 0.3) is 0 Å². The third kappa shape index (κ3) is 2.09. The van der Waals surface area contributed by atoms with Crippen LogP contribution < -0.4 is 0 Å². The molecule has 0 aromatic carbocycles. The van der Waals surface area contributed by atoms with Crippen molar-refractivity contribution in [3.8, 4) is 0 Å². The number of allylic oxidation sites excluding steroid dienone is 2. The first kappa shape index (κ1) is 9.97. The molecule has 0 saturated carbocycles. The number of thiophene rings is 1. The minimum Gasteiger partial charge on any atom is -0.149 e. The first-order chi connectivity index (χ1) is 6.57. The summed E-state index contributed by atoms with van der Waals surface area (Å²) in [5.41, 5.74) is 3.52. The minimum absolute atomic E-state index is 0.500. The van der Waals surface area contributed by atoms with Gasteiger partial charge in [0, 0.05) is 4.88 Å². The second-order valence-corrected chi connectivity index (χ2v) is 6.17. The Morgan fingerprint density at radius 3 is 2.71 bits per heavy atom. The number of hydrogen-bond donors (Lipinski definition) is 0. The molecule has 0 radical (unpaired) electrons. The fourth-order valence-electron chi connectivity index (χ4n) is 2.15. The van der Waals surface area contributed by atoms with E-state index >= 15 is 0 Å². The summed E-state index contributed by atoms with van der Waals surface area (Å²) in [7, 11) is 0. The standard InChI is InChI=1S/C13H18S/c1-10-7-12(9-14-10)11-5-4-6-13(2,3)8-11/h5,7,9H,4,6,8H2,1-3H3. The summed E-state index contributed by atoms with van der Waals surface area (Å²) in [4.78, 5) is 1.42. The van der Waals surface area contributed by atoms with Crippen molar-refractivity contribution in [3.05, 3.63) is 28.0 Å². The van der Waals surface area contributed by atoms with Crippen molar-refractivity contribution in [2.24, 2.45) is 5.41 Å². The van der Waals surface area contributed by atoms with Crippen molar-refractivity contribution in [1.29, 1.82) is 0 Å². The van der Waals surface area contributed by atoms with Gasteiger partial charge in [-0.1, -0.05) is 19.9 Å². The molecule has 14 heavy (non-hydrogen) atoms. The van der Waals surface area contributed by atoms with E-state index in [-0.39, 0.29) is 0 Å². The molecule has 0 nitrogen and oxygen atoms in total. The van der Waals surface area contributed by atoms with Gasteiger partial charge in [0.05, 0.1) is 0 Å². The summed E-state index contributed by atoms with van der Waals surface area (Å²) < 4.78 is 0. The number of hydrogen-bond acceptors (Lipinski definition) is 1. The summed E-state index contributed by atoms with van der Waals surface area (Å²) in [5.74, 6) is 0. The molecule has 1 heteroatoms. The minimum atomic E-state index is 0.500. The van der Waals surface area contributed by atoms with Gasteiger partial charge in [-0.15, -0.1) is 11.3 Å². The molecule has 0 amide bonds. The van der Waals surface area contributed by atoms with Crippen molar-refractivity contribution < 1.29 is 0 Å². The van der Waals surface area contributed by atoms with Crippen LogP contribution in [0.25, 0.3) is 5.57 Å². The van der Waals surface area contributed by atoms with E-state index in [0.29, 0.717) is 5.41 Å². The Hall–Kier alpha value is -0.560. The van der Waals surface area contributed by atoms with Gasteiger partial charge >= 0.3 is 0 Å². The second kappa shape index (κ2) is 3.54. The van der Waals surface area contributed by atoms with Crippen molar-refractivity contribution in [1.82, 2.24) is 0 Å². The van der Waals surface area contributed by atoms with E-state index in [1.54, 1.807) is 5.57 Å². The predicted octanol–water partition coefficient (Wildman–Crippen LogP) is 4.65. The van der Waals surface area contributed by atoms with Crippen LogP contribution in [0.4, 0.5) is 0 Å². The molecule has 0 aliphatic heterocycles. The summed E-state index contributed by atoms with van der Waals surface area (Å²) in [6.45, 7) is 6.93. The molecule has 0 fully saturated rings. The maximum Gasteiger partial charge on any atom is 0.00204 e. The Bertz CT molecular complexity index is 355. The predicted molar refractivity (Wildman–Crippen MR) is 64.7 cm³/mol. The van der Waals surface area contributed by atoms with Crippen LogP contribution in [0.5, 0.6) is 0 Å². The Balaban J connectivity index is 2.23. The summed E-state index contributed by atoms with van der Waals surface area (Å²) >= 11 is 1.86. The molecule has 0 N–H and O–H groups in total. The van der Waals surface area contributed by atoms with E-state index in [1.807, 2.05) is 11.3 Å². The zero-order valence-corrected chi connectivity index (χ0v) is 10.1. The Kier molecular flexibility index (Phi) is 2.52. The van der Waals surface area contributed by atoms with Gasteiger partial charge in [-0.05, 0) is 54.2 Å². The van der Waals surface area contributed by atoms with Crippen LogP contribution in [0, 0.1) is 12.3 Å². The normalized spacial score (nSPS) is 20.6. The fourth-order valence-corrected chi connectivity index (χ4v) is 2.87. The molecule has 76 valence electrons. The summed E-state index contributed by atoms with van der Waals surface area (Å²) in [6, 6.07) is 2.32. The zero-order valence-electron chi connectivity index (χ0n) is 9.26. The smallest absolute Gasteiger partial charge is 0.00204 e. The molecule has 1 heterocycles. The van der Waals surface area contributed by atoms with E-state index in [1.165, 1.54) is 29.7 Å². The molecule has 2 rings (SSSR count). The number of aryl methyl sites for hydroxylation is 1. The topological polar surface area (TPSA) is 0 Å². The van der Waals surface area contributed by atoms with Crippen molar-refractivity contribution in [3.63, 3.8) is 0 Å². The Labute approximate surface area is 90.7 Å². The highest BCUT2D eigenvalue weighted by molar-refractivity contribution is 7.10. The molecule has 0 atom stereocenters. The molecule has 1 aliphatic carbocycles. The zero-order chi connectivity index (χ0) is 10.2. The van der Waals surface area contributed by atoms with Crippen molar-refractivity contribution in [2.45, 2.75) is 40.0 Å². The van der Waals surface area contributed by atoms with Crippen LogP contribution >= 0.6 is 11.3 Å². The van der Waals surface area contributed by atoms with Gasteiger partial charge in [-0.25, -0.2) is 0 Å².